The van der Waals surface area contributed by atoms with E-state index in [9.17, 15) is 14.9 Å². The lowest BCUT2D eigenvalue weighted by molar-refractivity contribution is -0.132. The second-order valence-corrected chi connectivity index (χ2v) is 10.4. The average Bonchev–Trinajstić information content (AvgIpc) is 2.93. The monoisotopic (exact) mass is 521 g/mol. The highest BCUT2D eigenvalue weighted by molar-refractivity contribution is 6.37. The Balaban J connectivity index is 1.94. The van der Waals surface area contributed by atoms with Crippen molar-refractivity contribution in [3.05, 3.63) is 62.6 Å². The molecule has 0 unspecified atom stereocenters. The summed E-state index contributed by atoms with van der Waals surface area (Å²) >= 11 is 18.5. The molecular weight excluding hydrogens is 497 g/mol. The van der Waals surface area contributed by atoms with Crippen LogP contribution in [0.3, 0.4) is 0 Å². The van der Waals surface area contributed by atoms with E-state index >= 15 is 0 Å². The minimum atomic E-state index is -0.927. The van der Waals surface area contributed by atoms with Crippen LogP contribution in [0, 0.1) is 11.3 Å². The number of hydrogen-bond acceptors (Lipinski definition) is 4. The van der Waals surface area contributed by atoms with Crippen molar-refractivity contribution in [2.24, 2.45) is 0 Å². The molecule has 0 aliphatic carbocycles. The van der Waals surface area contributed by atoms with Crippen LogP contribution in [0.15, 0.2) is 30.3 Å². The highest BCUT2D eigenvalue weighted by Crippen LogP contribution is 2.41. The number of likely N-dealkylation sites (N-methyl/N-ethyl adjacent to an activating group) is 1. The van der Waals surface area contributed by atoms with E-state index in [1.165, 1.54) is 9.80 Å². The minimum Gasteiger partial charge on any atom is -0.489 e. The van der Waals surface area contributed by atoms with Gasteiger partial charge in [-0.25, -0.2) is 4.79 Å². The number of amides is 3. The Bertz CT molecular complexity index is 1160. The van der Waals surface area contributed by atoms with Gasteiger partial charge in [-0.1, -0.05) is 49.2 Å². The van der Waals surface area contributed by atoms with Gasteiger partial charge in [0.2, 0.25) is 0 Å². The molecule has 1 aliphatic rings. The molecule has 0 spiro atoms. The van der Waals surface area contributed by atoms with Crippen LogP contribution in [0.25, 0.3) is 0 Å². The maximum absolute atomic E-state index is 12.8. The quantitative estimate of drug-likeness (QED) is 0.331. The average molecular weight is 523 g/mol. The zero-order valence-electron chi connectivity index (χ0n) is 19.7. The van der Waals surface area contributed by atoms with Crippen molar-refractivity contribution in [2.75, 3.05) is 19.5 Å². The van der Waals surface area contributed by atoms with E-state index in [-0.39, 0.29) is 25.1 Å². The first-order chi connectivity index (χ1) is 15.9. The van der Waals surface area contributed by atoms with Crippen LogP contribution in [0.5, 0.6) is 5.75 Å². The molecular formula is C25H26Cl3N3O3. The summed E-state index contributed by atoms with van der Waals surface area (Å²) in [7, 11) is 1.60. The summed E-state index contributed by atoms with van der Waals surface area (Å²) < 4.78 is 5.54. The van der Waals surface area contributed by atoms with Crippen molar-refractivity contribution in [3.63, 3.8) is 0 Å². The SMILES string of the molecule is CN1C(=O)N(Cc2ccc(C(C)(C)c3cc(Cl)c(OCCCl)c(Cl)c3)cc2C#N)C(=O)C1(C)C. The van der Waals surface area contributed by atoms with Crippen molar-refractivity contribution >= 4 is 46.7 Å². The number of benzene rings is 2. The third-order valence-electron chi connectivity index (χ3n) is 6.45. The van der Waals surface area contributed by atoms with E-state index in [0.717, 1.165) is 11.1 Å². The van der Waals surface area contributed by atoms with Gasteiger partial charge in [-0.3, -0.25) is 9.69 Å². The fourth-order valence-electron chi connectivity index (χ4n) is 3.86. The molecule has 3 rings (SSSR count). The van der Waals surface area contributed by atoms with Crippen molar-refractivity contribution in [1.29, 1.82) is 5.26 Å². The molecule has 2 aromatic rings. The lowest BCUT2D eigenvalue weighted by Crippen LogP contribution is -2.41. The van der Waals surface area contributed by atoms with E-state index < -0.39 is 11.0 Å². The van der Waals surface area contributed by atoms with Gasteiger partial charge >= 0.3 is 6.03 Å². The van der Waals surface area contributed by atoms with Gasteiger partial charge in [-0.2, -0.15) is 5.26 Å². The molecule has 6 nitrogen and oxygen atoms in total. The molecule has 0 saturated carbocycles. The summed E-state index contributed by atoms with van der Waals surface area (Å²) in [5.74, 6) is 0.393. The maximum Gasteiger partial charge on any atom is 0.327 e. The van der Waals surface area contributed by atoms with Crippen LogP contribution >= 0.6 is 34.8 Å². The van der Waals surface area contributed by atoms with Gasteiger partial charge in [-0.15, -0.1) is 11.6 Å². The first kappa shape index (κ1) is 26.2. The predicted molar refractivity (Wildman–Crippen MR) is 134 cm³/mol. The van der Waals surface area contributed by atoms with Crippen LogP contribution in [0.4, 0.5) is 4.79 Å². The van der Waals surface area contributed by atoms with Crippen LogP contribution in [-0.4, -0.2) is 46.8 Å². The van der Waals surface area contributed by atoms with Gasteiger partial charge in [0.25, 0.3) is 5.91 Å². The lowest BCUT2D eigenvalue weighted by atomic mass is 9.77. The Hall–Kier alpha value is -2.46. The molecule has 34 heavy (non-hydrogen) atoms. The van der Waals surface area contributed by atoms with E-state index in [1.807, 2.05) is 19.9 Å². The number of halogens is 3. The fraction of sp³-hybridized carbons (Fsp3) is 0.400. The highest BCUT2D eigenvalue weighted by atomic mass is 35.5. The molecule has 1 fully saturated rings. The smallest absolute Gasteiger partial charge is 0.327 e. The number of ether oxygens (including phenoxy) is 1. The zero-order chi connectivity index (χ0) is 25.4. The van der Waals surface area contributed by atoms with Crippen LogP contribution in [0.2, 0.25) is 10.0 Å². The standard InChI is InChI=1S/C25H26Cl3N3O3/c1-24(2,18-11-19(27)21(20(28)12-18)34-9-8-26)17-7-6-15(16(10-17)13-29)14-31-22(32)25(3,4)30(5)23(31)33/h6-7,10-12H,8-9,14H2,1-5H3. The number of alkyl halides is 1. The molecule has 3 amide bonds. The van der Waals surface area contributed by atoms with E-state index in [1.54, 1.807) is 45.2 Å². The van der Waals surface area contributed by atoms with Gasteiger partial charge in [0, 0.05) is 12.5 Å². The van der Waals surface area contributed by atoms with Gasteiger partial charge in [0.15, 0.2) is 5.75 Å². The third-order valence-corrected chi connectivity index (χ3v) is 7.16. The molecule has 0 bridgehead atoms. The third kappa shape index (κ3) is 4.57. The Morgan fingerprint density at radius 2 is 1.71 bits per heavy atom. The second kappa shape index (κ2) is 9.65. The molecule has 1 aliphatic heterocycles. The number of nitriles is 1. The number of carbonyl (C=O) groups is 2. The van der Waals surface area contributed by atoms with Crippen LogP contribution < -0.4 is 4.74 Å². The van der Waals surface area contributed by atoms with Gasteiger partial charge in [0.05, 0.1) is 34.1 Å². The van der Waals surface area contributed by atoms with E-state index in [0.29, 0.717) is 32.8 Å². The summed E-state index contributed by atoms with van der Waals surface area (Å²) in [6, 6.07) is 10.8. The molecule has 0 radical (unpaired) electrons. The predicted octanol–water partition coefficient (Wildman–Crippen LogP) is 5.98. The maximum atomic E-state index is 12.8. The second-order valence-electron chi connectivity index (χ2n) is 9.21. The molecule has 9 heteroatoms. The minimum absolute atomic E-state index is 0.0271. The van der Waals surface area contributed by atoms with E-state index in [2.05, 4.69) is 6.07 Å². The zero-order valence-corrected chi connectivity index (χ0v) is 22.0. The van der Waals surface area contributed by atoms with Crippen molar-refractivity contribution < 1.29 is 14.3 Å². The van der Waals surface area contributed by atoms with Crippen molar-refractivity contribution in [3.8, 4) is 11.8 Å². The number of hydrogen-bond donors (Lipinski definition) is 0. The van der Waals surface area contributed by atoms with Crippen molar-refractivity contribution in [1.82, 2.24) is 9.80 Å². The Kier molecular flexibility index (Phi) is 7.43. The van der Waals surface area contributed by atoms with Gasteiger partial charge < -0.3 is 9.64 Å². The summed E-state index contributed by atoms with van der Waals surface area (Å²) in [5.41, 5.74) is 1.19. The number of carbonyl (C=O) groups excluding carboxylic acids is 2. The number of imide groups is 1. The van der Waals surface area contributed by atoms with Crippen LogP contribution in [0.1, 0.15) is 49.9 Å². The molecule has 0 atom stereocenters. The number of rotatable bonds is 7. The van der Waals surface area contributed by atoms with Crippen LogP contribution in [-0.2, 0) is 16.8 Å². The van der Waals surface area contributed by atoms with Crippen molar-refractivity contribution in [2.45, 2.75) is 45.2 Å². The highest BCUT2D eigenvalue weighted by Gasteiger charge is 2.49. The molecule has 0 aromatic heterocycles. The lowest BCUT2D eigenvalue weighted by Gasteiger charge is -2.28. The van der Waals surface area contributed by atoms with Gasteiger partial charge in [-0.05, 0) is 48.7 Å². The topological polar surface area (TPSA) is 73.6 Å². The molecule has 180 valence electrons. The molecule has 1 saturated heterocycles. The number of urea groups is 1. The first-order valence-corrected chi connectivity index (χ1v) is 12.0. The van der Waals surface area contributed by atoms with E-state index in [4.69, 9.17) is 39.5 Å². The van der Waals surface area contributed by atoms with Gasteiger partial charge in [0.1, 0.15) is 12.1 Å². The summed E-state index contributed by atoms with van der Waals surface area (Å²) in [4.78, 5) is 28.0. The summed E-state index contributed by atoms with van der Waals surface area (Å²) in [6.45, 7) is 7.70. The fourth-order valence-corrected chi connectivity index (χ4v) is 4.54. The summed E-state index contributed by atoms with van der Waals surface area (Å²) in [5, 5.41) is 10.6. The first-order valence-electron chi connectivity index (χ1n) is 10.7. The molecule has 0 N–H and O–H groups in total. The molecule has 2 aromatic carbocycles. The molecule has 1 heterocycles. The summed E-state index contributed by atoms with van der Waals surface area (Å²) in [6.07, 6.45) is 0. The normalized spacial score (nSPS) is 15.6. The Labute approximate surface area is 214 Å². The number of nitrogens with zero attached hydrogens (tertiary/aromatic N) is 3. The Morgan fingerprint density at radius 3 is 2.21 bits per heavy atom. The largest absolute Gasteiger partial charge is 0.489 e. The Morgan fingerprint density at radius 1 is 1.09 bits per heavy atom.